The molecular formula is C11H15ClN2O2. The molecule has 0 aliphatic carbocycles. The second-order valence-corrected chi connectivity index (χ2v) is 4.78. The molecule has 4 nitrogen and oxygen atoms in total. The number of nitrogens with zero attached hydrogens (tertiary/aromatic N) is 1. The standard InChI is InChI=1S/C11H15ClN2O2/c1-11(2,3)10(15)14-9-7(16-4)5-6-8(12)13-9/h5-6H,1-4H3,(H,13,14,15). The average Bonchev–Trinajstić information content (AvgIpc) is 2.16. The second-order valence-electron chi connectivity index (χ2n) is 4.39. The number of carbonyl (C=O) groups is 1. The molecular weight excluding hydrogens is 228 g/mol. The van der Waals surface area contributed by atoms with Crippen molar-refractivity contribution < 1.29 is 9.53 Å². The Morgan fingerprint density at radius 1 is 1.44 bits per heavy atom. The Hall–Kier alpha value is -1.29. The van der Waals surface area contributed by atoms with Gasteiger partial charge in [0, 0.05) is 5.41 Å². The SMILES string of the molecule is COc1ccc(Cl)nc1NC(=O)C(C)(C)C. The third-order valence-corrected chi connectivity index (χ3v) is 2.17. The van der Waals surface area contributed by atoms with E-state index >= 15 is 0 Å². The van der Waals surface area contributed by atoms with Gasteiger partial charge in [-0.05, 0) is 12.1 Å². The maximum atomic E-state index is 11.8. The Morgan fingerprint density at radius 3 is 2.56 bits per heavy atom. The topological polar surface area (TPSA) is 51.2 Å². The first-order chi connectivity index (χ1) is 7.34. The van der Waals surface area contributed by atoms with Crippen molar-refractivity contribution in [2.75, 3.05) is 12.4 Å². The fourth-order valence-corrected chi connectivity index (χ4v) is 1.12. The van der Waals surface area contributed by atoms with Crippen LogP contribution in [0.2, 0.25) is 5.15 Å². The van der Waals surface area contributed by atoms with E-state index in [4.69, 9.17) is 16.3 Å². The van der Waals surface area contributed by atoms with Crippen molar-refractivity contribution in [1.82, 2.24) is 4.98 Å². The second kappa shape index (κ2) is 4.70. The smallest absolute Gasteiger partial charge is 0.231 e. The molecule has 0 atom stereocenters. The van der Waals surface area contributed by atoms with Crippen LogP contribution in [0, 0.1) is 5.41 Å². The molecule has 0 radical (unpaired) electrons. The molecule has 1 aromatic rings. The van der Waals surface area contributed by atoms with Crippen LogP contribution in [0.4, 0.5) is 5.82 Å². The van der Waals surface area contributed by atoms with Gasteiger partial charge in [-0.3, -0.25) is 4.79 Å². The summed E-state index contributed by atoms with van der Waals surface area (Å²) in [6.07, 6.45) is 0. The summed E-state index contributed by atoms with van der Waals surface area (Å²) in [6, 6.07) is 3.26. The molecule has 0 saturated carbocycles. The van der Waals surface area contributed by atoms with E-state index in [2.05, 4.69) is 10.3 Å². The summed E-state index contributed by atoms with van der Waals surface area (Å²) < 4.78 is 5.08. The van der Waals surface area contributed by atoms with Crippen LogP contribution in [0.15, 0.2) is 12.1 Å². The zero-order valence-electron chi connectivity index (χ0n) is 9.80. The van der Waals surface area contributed by atoms with Crippen LogP contribution in [0.3, 0.4) is 0 Å². The molecule has 0 aliphatic heterocycles. The lowest BCUT2D eigenvalue weighted by Crippen LogP contribution is -2.28. The molecule has 88 valence electrons. The fraction of sp³-hybridized carbons (Fsp3) is 0.455. The minimum absolute atomic E-state index is 0.138. The highest BCUT2D eigenvalue weighted by atomic mass is 35.5. The van der Waals surface area contributed by atoms with Gasteiger partial charge in [0.1, 0.15) is 5.15 Å². The van der Waals surface area contributed by atoms with Gasteiger partial charge in [0.2, 0.25) is 5.91 Å². The summed E-state index contributed by atoms with van der Waals surface area (Å²) in [5.74, 6) is 0.692. The number of methoxy groups -OCH3 is 1. The van der Waals surface area contributed by atoms with Crippen LogP contribution in [-0.2, 0) is 4.79 Å². The minimum Gasteiger partial charge on any atom is -0.493 e. The molecule has 1 aromatic heterocycles. The first-order valence-corrected chi connectivity index (χ1v) is 5.24. The number of ether oxygens (including phenoxy) is 1. The van der Waals surface area contributed by atoms with E-state index in [9.17, 15) is 4.79 Å². The number of pyridine rings is 1. The molecule has 1 N–H and O–H groups in total. The van der Waals surface area contributed by atoms with Crippen molar-refractivity contribution in [2.45, 2.75) is 20.8 Å². The Labute approximate surface area is 100.0 Å². The quantitative estimate of drug-likeness (QED) is 0.812. The molecule has 0 saturated heterocycles. The predicted molar refractivity (Wildman–Crippen MR) is 63.9 cm³/mol. The molecule has 5 heteroatoms. The van der Waals surface area contributed by atoms with Gasteiger partial charge in [-0.15, -0.1) is 0 Å². The maximum Gasteiger partial charge on any atom is 0.231 e. The lowest BCUT2D eigenvalue weighted by Gasteiger charge is -2.18. The molecule has 0 aliphatic rings. The number of halogens is 1. The first kappa shape index (κ1) is 12.8. The van der Waals surface area contributed by atoms with Gasteiger partial charge in [0.05, 0.1) is 7.11 Å². The highest BCUT2D eigenvalue weighted by molar-refractivity contribution is 6.29. The lowest BCUT2D eigenvalue weighted by molar-refractivity contribution is -0.123. The molecule has 1 heterocycles. The number of nitrogens with one attached hydrogen (secondary N) is 1. The van der Waals surface area contributed by atoms with Crippen LogP contribution >= 0.6 is 11.6 Å². The Bertz CT molecular complexity index is 399. The number of hydrogen-bond acceptors (Lipinski definition) is 3. The van der Waals surface area contributed by atoms with Crippen LogP contribution < -0.4 is 10.1 Å². The number of anilines is 1. The molecule has 0 aromatic carbocycles. The molecule has 16 heavy (non-hydrogen) atoms. The Balaban J connectivity index is 2.96. The van der Waals surface area contributed by atoms with Crippen LogP contribution in [0.5, 0.6) is 5.75 Å². The van der Waals surface area contributed by atoms with Crippen LogP contribution in [0.1, 0.15) is 20.8 Å². The van der Waals surface area contributed by atoms with Gasteiger partial charge >= 0.3 is 0 Å². The van der Waals surface area contributed by atoms with Gasteiger partial charge in [-0.25, -0.2) is 4.98 Å². The van der Waals surface area contributed by atoms with Crippen molar-refractivity contribution in [3.05, 3.63) is 17.3 Å². The van der Waals surface area contributed by atoms with E-state index in [1.54, 1.807) is 12.1 Å². The van der Waals surface area contributed by atoms with Gasteiger partial charge in [0.15, 0.2) is 11.6 Å². The van der Waals surface area contributed by atoms with E-state index in [1.807, 2.05) is 20.8 Å². The van der Waals surface area contributed by atoms with E-state index in [-0.39, 0.29) is 5.91 Å². The van der Waals surface area contributed by atoms with Gasteiger partial charge in [-0.1, -0.05) is 32.4 Å². The molecule has 0 bridgehead atoms. The molecule has 0 fully saturated rings. The molecule has 0 spiro atoms. The summed E-state index contributed by atoms with van der Waals surface area (Å²) in [5, 5.41) is 2.99. The van der Waals surface area contributed by atoms with E-state index < -0.39 is 5.41 Å². The van der Waals surface area contributed by atoms with Crippen molar-refractivity contribution in [3.8, 4) is 5.75 Å². The predicted octanol–water partition coefficient (Wildman–Crippen LogP) is 2.73. The van der Waals surface area contributed by atoms with E-state index in [1.165, 1.54) is 7.11 Å². The van der Waals surface area contributed by atoms with E-state index in [0.29, 0.717) is 16.7 Å². The van der Waals surface area contributed by atoms with Crippen molar-refractivity contribution >= 4 is 23.3 Å². The minimum atomic E-state index is -0.491. The summed E-state index contributed by atoms with van der Waals surface area (Å²) in [4.78, 5) is 15.8. The fourth-order valence-electron chi connectivity index (χ4n) is 0.972. The van der Waals surface area contributed by atoms with Gasteiger partial charge in [-0.2, -0.15) is 0 Å². The van der Waals surface area contributed by atoms with Crippen molar-refractivity contribution in [3.63, 3.8) is 0 Å². The van der Waals surface area contributed by atoms with Crippen molar-refractivity contribution in [1.29, 1.82) is 0 Å². The zero-order valence-corrected chi connectivity index (χ0v) is 10.6. The van der Waals surface area contributed by atoms with Crippen LogP contribution in [0.25, 0.3) is 0 Å². The lowest BCUT2D eigenvalue weighted by atomic mass is 9.96. The van der Waals surface area contributed by atoms with Gasteiger partial charge in [0.25, 0.3) is 0 Å². The Morgan fingerprint density at radius 2 is 2.06 bits per heavy atom. The summed E-state index contributed by atoms with van der Waals surface area (Å²) in [7, 11) is 1.51. The molecule has 1 rings (SSSR count). The third kappa shape index (κ3) is 3.10. The first-order valence-electron chi connectivity index (χ1n) is 4.86. The maximum absolute atomic E-state index is 11.8. The largest absolute Gasteiger partial charge is 0.493 e. The highest BCUT2D eigenvalue weighted by Gasteiger charge is 2.22. The van der Waals surface area contributed by atoms with E-state index in [0.717, 1.165) is 0 Å². The average molecular weight is 243 g/mol. The molecule has 0 unspecified atom stereocenters. The number of hydrogen-bond donors (Lipinski definition) is 1. The Kier molecular flexibility index (Phi) is 3.75. The van der Waals surface area contributed by atoms with Gasteiger partial charge < -0.3 is 10.1 Å². The number of amides is 1. The highest BCUT2D eigenvalue weighted by Crippen LogP contribution is 2.25. The summed E-state index contributed by atoms with van der Waals surface area (Å²) >= 11 is 5.75. The number of aromatic nitrogens is 1. The van der Waals surface area contributed by atoms with Crippen molar-refractivity contribution in [2.24, 2.45) is 5.41 Å². The monoisotopic (exact) mass is 242 g/mol. The zero-order chi connectivity index (χ0) is 12.3. The summed E-state index contributed by atoms with van der Waals surface area (Å²) in [6.45, 7) is 5.46. The summed E-state index contributed by atoms with van der Waals surface area (Å²) in [5.41, 5.74) is -0.491. The normalized spacial score (nSPS) is 11.1. The molecule has 1 amide bonds. The van der Waals surface area contributed by atoms with Crippen LogP contribution in [-0.4, -0.2) is 18.0 Å². The number of carbonyl (C=O) groups excluding carboxylic acids is 1. The number of rotatable bonds is 2. The third-order valence-electron chi connectivity index (χ3n) is 1.96.